The van der Waals surface area contributed by atoms with Crippen molar-refractivity contribution in [2.75, 3.05) is 17.7 Å². The van der Waals surface area contributed by atoms with E-state index >= 15 is 0 Å². The summed E-state index contributed by atoms with van der Waals surface area (Å²) >= 11 is 0. The topological polar surface area (TPSA) is 76.1 Å². The lowest BCUT2D eigenvalue weighted by Gasteiger charge is -2.11. The smallest absolute Gasteiger partial charge is 0.258 e. The second-order valence-corrected chi connectivity index (χ2v) is 6.45. The van der Waals surface area contributed by atoms with E-state index in [9.17, 15) is 4.79 Å². The predicted octanol–water partition coefficient (Wildman–Crippen LogP) is 4.41. The number of anilines is 3. The summed E-state index contributed by atoms with van der Waals surface area (Å²) in [5, 5.41) is 5.99. The number of carbonyl (C=O) groups is 1. The number of hydrogen-bond acceptors (Lipinski definition) is 5. The van der Waals surface area contributed by atoms with Crippen molar-refractivity contribution < 1.29 is 9.53 Å². The Balaban J connectivity index is 1.73. The Hall–Kier alpha value is -3.41. The molecular weight excluding hydrogens is 340 g/mol. The van der Waals surface area contributed by atoms with Gasteiger partial charge in [0.2, 0.25) is 5.95 Å². The van der Waals surface area contributed by atoms with Crippen molar-refractivity contribution in [2.45, 2.75) is 20.8 Å². The van der Waals surface area contributed by atoms with Crippen molar-refractivity contribution >= 4 is 23.2 Å². The van der Waals surface area contributed by atoms with Gasteiger partial charge in [-0.1, -0.05) is 12.1 Å². The predicted molar refractivity (Wildman–Crippen MR) is 107 cm³/mol. The molecule has 0 saturated heterocycles. The van der Waals surface area contributed by atoms with E-state index in [1.807, 2.05) is 51.1 Å². The molecule has 0 fully saturated rings. The van der Waals surface area contributed by atoms with Gasteiger partial charge < -0.3 is 15.4 Å². The molecule has 3 aromatic rings. The molecule has 0 atom stereocenters. The van der Waals surface area contributed by atoms with Crippen LogP contribution in [0.4, 0.5) is 17.3 Å². The fourth-order valence-corrected chi connectivity index (χ4v) is 2.80. The molecule has 0 aliphatic heterocycles. The number of nitrogens with one attached hydrogen (secondary N) is 2. The third-order valence-electron chi connectivity index (χ3n) is 4.00. The molecule has 0 spiro atoms. The molecule has 27 heavy (non-hydrogen) atoms. The highest BCUT2D eigenvalue weighted by Crippen LogP contribution is 2.25. The van der Waals surface area contributed by atoms with Gasteiger partial charge in [0, 0.05) is 18.1 Å². The van der Waals surface area contributed by atoms with Crippen molar-refractivity contribution in [3.8, 4) is 5.75 Å². The van der Waals surface area contributed by atoms with Crippen LogP contribution in [0.1, 0.15) is 27.0 Å². The zero-order valence-corrected chi connectivity index (χ0v) is 15.8. The van der Waals surface area contributed by atoms with E-state index in [0.29, 0.717) is 22.9 Å². The molecule has 2 aromatic carbocycles. The highest BCUT2D eigenvalue weighted by atomic mass is 16.5. The number of hydrogen-bond donors (Lipinski definition) is 2. The molecule has 0 saturated carbocycles. The van der Waals surface area contributed by atoms with Crippen LogP contribution >= 0.6 is 0 Å². The fourth-order valence-electron chi connectivity index (χ4n) is 2.80. The number of methoxy groups -OCH3 is 1. The largest absolute Gasteiger partial charge is 0.495 e. The van der Waals surface area contributed by atoms with Crippen LogP contribution in [0.3, 0.4) is 0 Å². The average Bonchev–Trinajstić information content (AvgIpc) is 2.61. The highest BCUT2D eigenvalue weighted by Gasteiger charge is 2.11. The molecule has 6 heteroatoms. The van der Waals surface area contributed by atoms with Gasteiger partial charge in [0.05, 0.1) is 18.4 Å². The summed E-state index contributed by atoms with van der Waals surface area (Å²) in [6.45, 7) is 6.02. The van der Waals surface area contributed by atoms with E-state index in [2.05, 4.69) is 26.7 Å². The summed E-state index contributed by atoms with van der Waals surface area (Å²) in [6.07, 6.45) is 2.99. The second-order valence-electron chi connectivity index (χ2n) is 6.45. The van der Waals surface area contributed by atoms with Crippen LogP contribution in [0.25, 0.3) is 0 Å². The number of carbonyl (C=O) groups excluding carboxylic acids is 1. The summed E-state index contributed by atoms with van der Waals surface area (Å²) in [5.74, 6) is 0.740. The molecule has 2 N–H and O–H groups in total. The summed E-state index contributed by atoms with van der Waals surface area (Å²) in [4.78, 5) is 21.0. The van der Waals surface area contributed by atoms with Gasteiger partial charge in [-0.05, 0) is 61.7 Å². The van der Waals surface area contributed by atoms with Gasteiger partial charge in [-0.15, -0.1) is 0 Å². The van der Waals surface area contributed by atoms with Crippen molar-refractivity contribution in [1.82, 2.24) is 9.97 Å². The first-order valence-electron chi connectivity index (χ1n) is 8.58. The monoisotopic (exact) mass is 362 g/mol. The van der Waals surface area contributed by atoms with Gasteiger partial charge in [0.25, 0.3) is 5.91 Å². The molecule has 0 bridgehead atoms. The maximum atomic E-state index is 12.5. The minimum absolute atomic E-state index is 0.295. The van der Waals surface area contributed by atoms with Crippen LogP contribution in [0.5, 0.6) is 5.75 Å². The summed E-state index contributed by atoms with van der Waals surface area (Å²) in [5.41, 5.74) is 5.22. The number of nitrogens with zero attached hydrogens (tertiary/aromatic N) is 2. The zero-order valence-electron chi connectivity index (χ0n) is 15.8. The van der Waals surface area contributed by atoms with Crippen molar-refractivity contribution in [2.24, 2.45) is 0 Å². The Morgan fingerprint density at radius 2 is 1.59 bits per heavy atom. The molecule has 0 radical (unpaired) electrons. The van der Waals surface area contributed by atoms with Gasteiger partial charge in [-0.2, -0.15) is 0 Å². The fraction of sp³-hybridized carbons (Fsp3) is 0.190. The lowest BCUT2D eigenvalue weighted by molar-refractivity contribution is 0.102. The van der Waals surface area contributed by atoms with E-state index in [1.165, 1.54) is 12.4 Å². The maximum absolute atomic E-state index is 12.5. The first-order chi connectivity index (χ1) is 12.9. The van der Waals surface area contributed by atoms with Gasteiger partial charge in [-0.3, -0.25) is 4.79 Å². The minimum atomic E-state index is -0.295. The maximum Gasteiger partial charge on any atom is 0.258 e. The van der Waals surface area contributed by atoms with Crippen LogP contribution < -0.4 is 15.4 Å². The zero-order chi connectivity index (χ0) is 19.4. The van der Waals surface area contributed by atoms with E-state index < -0.39 is 0 Å². The molecule has 1 heterocycles. The van der Waals surface area contributed by atoms with Gasteiger partial charge in [-0.25, -0.2) is 9.97 Å². The normalized spacial score (nSPS) is 10.4. The minimum Gasteiger partial charge on any atom is -0.495 e. The van der Waals surface area contributed by atoms with Crippen LogP contribution in [0, 0.1) is 20.8 Å². The molecule has 1 aromatic heterocycles. The van der Waals surface area contributed by atoms with Crippen LogP contribution in [-0.4, -0.2) is 23.0 Å². The van der Waals surface area contributed by atoms with Crippen LogP contribution in [-0.2, 0) is 0 Å². The van der Waals surface area contributed by atoms with E-state index in [0.717, 1.165) is 22.4 Å². The Bertz CT molecular complexity index is 948. The van der Waals surface area contributed by atoms with Gasteiger partial charge in [0.1, 0.15) is 5.75 Å². The Kier molecular flexibility index (Phi) is 5.35. The second kappa shape index (κ2) is 7.86. The van der Waals surface area contributed by atoms with Crippen LogP contribution in [0.2, 0.25) is 0 Å². The van der Waals surface area contributed by atoms with Crippen molar-refractivity contribution in [3.05, 3.63) is 71.0 Å². The van der Waals surface area contributed by atoms with Crippen molar-refractivity contribution in [1.29, 1.82) is 0 Å². The number of aromatic nitrogens is 2. The SMILES string of the molecule is COc1ccc(C)cc1NC(=O)c1cnc(Nc2cc(C)cc(C)c2)nc1. The standard InChI is InChI=1S/C21H22N4O2/c1-13-5-6-19(27-4)18(10-13)25-20(26)16-11-22-21(23-12-16)24-17-8-14(2)7-15(3)9-17/h5-12H,1-4H3,(H,25,26)(H,22,23,24). The highest BCUT2D eigenvalue weighted by molar-refractivity contribution is 6.04. The summed E-state index contributed by atoms with van der Waals surface area (Å²) < 4.78 is 5.29. The first-order valence-corrected chi connectivity index (χ1v) is 8.58. The Labute approximate surface area is 158 Å². The lowest BCUT2D eigenvalue weighted by atomic mass is 10.1. The summed E-state index contributed by atoms with van der Waals surface area (Å²) in [6, 6.07) is 11.7. The van der Waals surface area contributed by atoms with Crippen LogP contribution in [0.15, 0.2) is 48.8 Å². The number of rotatable bonds is 5. The van der Waals surface area contributed by atoms with Gasteiger partial charge in [0.15, 0.2) is 0 Å². The number of benzene rings is 2. The van der Waals surface area contributed by atoms with Gasteiger partial charge >= 0.3 is 0 Å². The Morgan fingerprint density at radius 3 is 2.22 bits per heavy atom. The quantitative estimate of drug-likeness (QED) is 0.703. The molecule has 3 rings (SSSR count). The number of ether oxygens (including phenoxy) is 1. The molecule has 0 unspecified atom stereocenters. The first kappa shape index (κ1) is 18.4. The molecular formula is C21H22N4O2. The Morgan fingerprint density at radius 1 is 0.926 bits per heavy atom. The molecule has 138 valence electrons. The van der Waals surface area contributed by atoms with Crippen molar-refractivity contribution in [3.63, 3.8) is 0 Å². The lowest BCUT2D eigenvalue weighted by Crippen LogP contribution is -2.14. The third kappa shape index (κ3) is 4.61. The molecule has 0 aliphatic carbocycles. The van der Waals surface area contributed by atoms with E-state index in [4.69, 9.17) is 4.74 Å². The molecule has 6 nitrogen and oxygen atoms in total. The number of aryl methyl sites for hydroxylation is 3. The average molecular weight is 362 g/mol. The third-order valence-corrected chi connectivity index (χ3v) is 4.00. The molecule has 0 aliphatic rings. The van der Waals surface area contributed by atoms with E-state index in [-0.39, 0.29) is 5.91 Å². The van der Waals surface area contributed by atoms with E-state index in [1.54, 1.807) is 7.11 Å². The molecule has 1 amide bonds. The number of amides is 1. The summed E-state index contributed by atoms with van der Waals surface area (Å²) in [7, 11) is 1.57.